The van der Waals surface area contributed by atoms with Crippen molar-refractivity contribution in [3.05, 3.63) is 52.8 Å². The predicted octanol–water partition coefficient (Wildman–Crippen LogP) is 4.80. The number of fused-ring (bicyclic) bond motifs is 1. The van der Waals surface area contributed by atoms with Gasteiger partial charge in [0.15, 0.2) is 0 Å². The lowest BCUT2D eigenvalue weighted by Crippen LogP contribution is -1.79. The van der Waals surface area contributed by atoms with Crippen LogP contribution in [0.25, 0.3) is 22.3 Å². The molecule has 2 nitrogen and oxygen atoms in total. The molecule has 3 rings (SSSR count). The maximum absolute atomic E-state index is 5.86. The van der Waals surface area contributed by atoms with Gasteiger partial charge in [0, 0.05) is 10.9 Å². The maximum Gasteiger partial charge on any atom is 0.135 e. The minimum atomic E-state index is 0.355. The molecule has 0 unspecified atom stereocenters. The zero-order valence-electron chi connectivity index (χ0n) is 8.65. The van der Waals surface area contributed by atoms with Crippen LogP contribution >= 0.6 is 23.2 Å². The average molecular weight is 264 g/mol. The molecule has 0 aliphatic rings. The molecule has 84 valence electrons. The summed E-state index contributed by atoms with van der Waals surface area (Å²) in [6.45, 7) is 0. The van der Waals surface area contributed by atoms with E-state index in [0.717, 1.165) is 22.3 Å². The van der Waals surface area contributed by atoms with Gasteiger partial charge >= 0.3 is 0 Å². The first-order chi connectivity index (χ1) is 8.22. The first-order valence-corrected chi connectivity index (χ1v) is 5.80. The molecule has 0 amide bonds. The first-order valence-electron chi connectivity index (χ1n) is 5.04. The third-order valence-electron chi connectivity index (χ3n) is 2.47. The van der Waals surface area contributed by atoms with Crippen LogP contribution in [0.1, 0.15) is 0 Å². The highest BCUT2D eigenvalue weighted by Gasteiger charge is 2.08. The molecule has 0 N–H and O–H groups in total. The molecule has 0 radical (unpaired) electrons. The van der Waals surface area contributed by atoms with Crippen molar-refractivity contribution < 1.29 is 4.42 Å². The summed E-state index contributed by atoms with van der Waals surface area (Å²) in [4.78, 5) is 3.90. The minimum absolute atomic E-state index is 0.355. The molecule has 3 aromatic rings. The van der Waals surface area contributed by atoms with Gasteiger partial charge < -0.3 is 4.42 Å². The quantitative estimate of drug-likeness (QED) is 0.590. The fourth-order valence-electron chi connectivity index (χ4n) is 1.73. The van der Waals surface area contributed by atoms with Crippen LogP contribution in [0.2, 0.25) is 10.3 Å². The average Bonchev–Trinajstić information content (AvgIpc) is 2.71. The van der Waals surface area contributed by atoms with Gasteiger partial charge in [0.1, 0.15) is 21.6 Å². The van der Waals surface area contributed by atoms with Crippen molar-refractivity contribution in [2.75, 3.05) is 0 Å². The Kier molecular flexibility index (Phi) is 2.54. The van der Waals surface area contributed by atoms with Crippen molar-refractivity contribution in [1.82, 2.24) is 4.98 Å². The largest absolute Gasteiger partial charge is 0.456 e. The smallest absolute Gasteiger partial charge is 0.135 e. The zero-order chi connectivity index (χ0) is 11.8. The van der Waals surface area contributed by atoms with Crippen molar-refractivity contribution in [3.8, 4) is 11.3 Å². The molecule has 0 aliphatic heterocycles. The third-order valence-corrected chi connectivity index (χ3v) is 2.86. The highest BCUT2D eigenvalue weighted by Crippen LogP contribution is 2.30. The van der Waals surface area contributed by atoms with E-state index in [9.17, 15) is 0 Å². The summed E-state index contributed by atoms with van der Waals surface area (Å²) in [5.41, 5.74) is 1.66. The SMILES string of the molecule is Clc1cc(-c2cc3ccccc3o2)cc(Cl)n1. The number of hydrogen-bond donors (Lipinski definition) is 0. The van der Waals surface area contributed by atoms with Crippen LogP contribution in [-0.4, -0.2) is 4.98 Å². The van der Waals surface area contributed by atoms with Crippen LogP contribution in [-0.2, 0) is 0 Å². The van der Waals surface area contributed by atoms with E-state index >= 15 is 0 Å². The molecule has 1 aromatic carbocycles. The van der Waals surface area contributed by atoms with E-state index in [-0.39, 0.29) is 0 Å². The molecule has 4 heteroatoms. The number of hydrogen-bond acceptors (Lipinski definition) is 2. The van der Waals surface area contributed by atoms with Crippen molar-refractivity contribution in [1.29, 1.82) is 0 Å². The number of para-hydroxylation sites is 1. The fourth-order valence-corrected chi connectivity index (χ4v) is 2.19. The minimum Gasteiger partial charge on any atom is -0.456 e. The molecular weight excluding hydrogens is 257 g/mol. The van der Waals surface area contributed by atoms with Gasteiger partial charge in [-0.2, -0.15) is 0 Å². The second-order valence-electron chi connectivity index (χ2n) is 3.65. The lowest BCUT2D eigenvalue weighted by molar-refractivity contribution is 0.631. The number of benzene rings is 1. The van der Waals surface area contributed by atoms with Gasteiger partial charge in [-0.3, -0.25) is 0 Å². The van der Waals surface area contributed by atoms with Crippen molar-refractivity contribution >= 4 is 34.2 Å². The Morgan fingerprint density at radius 1 is 0.941 bits per heavy atom. The Morgan fingerprint density at radius 3 is 2.35 bits per heavy atom. The molecule has 0 atom stereocenters. The van der Waals surface area contributed by atoms with Crippen LogP contribution in [0.15, 0.2) is 46.9 Å². The van der Waals surface area contributed by atoms with Crippen LogP contribution in [0.5, 0.6) is 0 Å². The number of pyridine rings is 1. The summed E-state index contributed by atoms with van der Waals surface area (Å²) < 4.78 is 5.72. The predicted molar refractivity (Wildman–Crippen MR) is 69.5 cm³/mol. The molecule has 0 aliphatic carbocycles. The molecular formula is C13H7Cl2NO. The van der Waals surface area contributed by atoms with Crippen LogP contribution in [0.3, 0.4) is 0 Å². The van der Waals surface area contributed by atoms with Gasteiger partial charge in [0.25, 0.3) is 0 Å². The van der Waals surface area contributed by atoms with Gasteiger partial charge in [-0.25, -0.2) is 4.98 Å². The van der Waals surface area contributed by atoms with E-state index in [1.165, 1.54) is 0 Å². The highest BCUT2D eigenvalue weighted by molar-refractivity contribution is 6.32. The number of furan rings is 1. The van der Waals surface area contributed by atoms with Gasteiger partial charge in [-0.15, -0.1) is 0 Å². The van der Waals surface area contributed by atoms with Crippen LogP contribution in [0, 0.1) is 0 Å². The second-order valence-corrected chi connectivity index (χ2v) is 4.42. The van der Waals surface area contributed by atoms with E-state index in [0.29, 0.717) is 10.3 Å². The van der Waals surface area contributed by atoms with Crippen molar-refractivity contribution in [3.63, 3.8) is 0 Å². The maximum atomic E-state index is 5.86. The Labute approximate surface area is 108 Å². The Hall–Kier alpha value is -1.51. The van der Waals surface area contributed by atoms with Crippen molar-refractivity contribution in [2.45, 2.75) is 0 Å². The molecule has 0 bridgehead atoms. The van der Waals surface area contributed by atoms with E-state index in [2.05, 4.69) is 4.98 Å². The van der Waals surface area contributed by atoms with Gasteiger partial charge in [-0.1, -0.05) is 41.4 Å². The number of aromatic nitrogens is 1. The van der Waals surface area contributed by atoms with E-state index < -0.39 is 0 Å². The lowest BCUT2D eigenvalue weighted by Gasteiger charge is -1.98. The summed E-state index contributed by atoms with van der Waals surface area (Å²) >= 11 is 11.7. The fraction of sp³-hybridized carbons (Fsp3) is 0. The molecule has 0 spiro atoms. The topological polar surface area (TPSA) is 26.0 Å². The van der Waals surface area contributed by atoms with Crippen molar-refractivity contribution in [2.24, 2.45) is 0 Å². The number of nitrogens with zero attached hydrogens (tertiary/aromatic N) is 1. The summed E-state index contributed by atoms with van der Waals surface area (Å²) in [6.07, 6.45) is 0. The Balaban J connectivity index is 2.20. The van der Waals surface area contributed by atoms with Crippen LogP contribution < -0.4 is 0 Å². The van der Waals surface area contributed by atoms with Crippen LogP contribution in [0.4, 0.5) is 0 Å². The second kappa shape index (κ2) is 4.06. The van der Waals surface area contributed by atoms with E-state index in [4.69, 9.17) is 27.6 Å². The molecule has 0 saturated carbocycles. The first kappa shape index (κ1) is 10.6. The summed E-state index contributed by atoms with van der Waals surface area (Å²) in [6, 6.07) is 13.2. The van der Waals surface area contributed by atoms with Gasteiger partial charge in [-0.05, 0) is 24.3 Å². The summed E-state index contributed by atoms with van der Waals surface area (Å²) in [5.74, 6) is 0.734. The highest BCUT2D eigenvalue weighted by atomic mass is 35.5. The van der Waals surface area contributed by atoms with E-state index in [1.54, 1.807) is 12.1 Å². The molecule has 2 heterocycles. The summed E-state index contributed by atoms with van der Waals surface area (Å²) in [7, 11) is 0. The molecule has 0 saturated heterocycles. The standard InChI is InChI=1S/C13H7Cl2NO/c14-12-6-9(7-13(15)16-12)11-5-8-3-1-2-4-10(8)17-11/h1-7H. The third kappa shape index (κ3) is 2.02. The number of halogens is 2. The van der Waals surface area contributed by atoms with Gasteiger partial charge in [0.05, 0.1) is 0 Å². The van der Waals surface area contributed by atoms with Gasteiger partial charge in [0.2, 0.25) is 0 Å². The summed E-state index contributed by atoms with van der Waals surface area (Å²) in [5, 5.41) is 1.76. The molecule has 17 heavy (non-hydrogen) atoms. The lowest BCUT2D eigenvalue weighted by atomic mass is 10.2. The number of rotatable bonds is 1. The zero-order valence-corrected chi connectivity index (χ0v) is 10.2. The Morgan fingerprint density at radius 2 is 1.65 bits per heavy atom. The molecule has 2 aromatic heterocycles. The molecule has 0 fully saturated rings. The van der Waals surface area contributed by atoms with E-state index in [1.807, 2.05) is 30.3 Å². The normalized spacial score (nSPS) is 10.9. The Bertz CT molecular complexity index is 637. The monoisotopic (exact) mass is 263 g/mol.